The fraction of sp³-hybridized carbons (Fsp3) is 0.0909. The summed E-state index contributed by atoms with van der Waals surface area (Å²) >= 11 is 0. The van der Waals surface area contributed by atoms with Crippen LogP contribution in [0.25, 0.3) is 33.3 Å². The number of nitrogens with zero attached hydrogens (tertiary/aromatic N) is 2. The van der Waals surface area contributed by atoms with Crippen molar-refractivity contribution in [1.29, 1.82) is 0 Å². The zero-order valence-corrected chi connectivity index (χ0v) is 13.9. The number of rotatable bonds is 2. The Hall–Kier alpha value is -3.00. The number of aryl methyl sites for hydroxylation is 2. The highest BCUT2D eigenvalue weighted by molar-refractivity contribution is 5.90. The average molecular weight is 311 g/mol. The Labute approximate surface area is 142 Å². The number of hydrogen-bond donors (Lipinski definition) is 0. The Morgan fingerprint density at radius 1 is 0.833 bits per heavy atom. The predicted octanol–water partition coefficient (Wildman–Crippen LogP) is 4.70. The molecule has 0 saturated heterocycles. The van der Waals surface area contributed by atoms with Crippen molar-refractivity contribution >= 4 is 10.8 Å². The van der Waals surface area contributed by atoms with Gasteiger partial charge in [0.05, 0.1) is 7.05 Å². The van der Waals surface area contributed by atoms with Gasteiger partial charge in [0.15, 0.2) is 5.69 Å². The van der Waals surface area contributed by atoms with Gasteiger partial charge in [0.2, 0.25) is 0 Å². The molecule has 0 amide bonds. The van der Waals surface area contributed by atoms with Crippen molar-refractivity contribution in [3.63, 3.8) is 0 Å². The van der Waals surface area contributed by atoms with E-state index in [0.717, 1.165) is 11.3 Å². The van der Waals surface area contributed by atoms with Crippen LogP contribution in [0.2, 0.25) is 0 Å². The molecule has 0 radical (unpaired) electrons. The quantitative estimate of drug-likeness (QED) is 0.490. The average Bonchev–Trinajstić information content (AvgIpc) is 2.64. The molecule has 116 valence electrons. The highest BCUT2D eigenvalue weighted by atomic mass is 15.0. The maximum absolute atomic E-state index is 4.59. The van der Waals surface area contributed by atoms with Gasteiger partial charge in [0.1, 0.15) is 5.69 Å². The van der Waals surface area contributed by atoms with Gasteiger partial charge in [0, 0.05) is 17.2 Å². The molecule has 0 N–H and O–H groups in total. The molecule has 4 aromatic rings. The van der Waals surface area contributed by atoms with Gasteiger partial charge < -0.3 is 0 Å². The summed E-state index contributed by atoms with van der Waals surface area (Å²) in [6.07, 6.45) is 1.90. The Balaban J connectivity index is 1.92. The second-order valence-electron chi connectivity index (χ2n) is 6.10. The summed E-state index contributed by atoms with van der Waals surface area (Å²) in [5.41, 5.74) is 5.85. The van der Waals surface area contributed by atoms with E-state index in [9.17, 15) is 0 Å². The fourth-order valence-electron chi connectivity index (χ4n) is 3.22. The molecule has 2 nitrogen and oxygen atoms in total. The minimum Gasteiger partial charge on any atom is -0.232 e. The topological polar surface area (TPSA) is 16.8 Å². The first-order chi connectivity index (χ1) is 11.7. The van der Waals surface area contributed by atoms with Crippen LogP contribution in [-0.2, 0) is 7.05 Å². The molecule has 0 fully saturated rings. The molecule has 24 heavy (non-hydrogen) atoms. The molecule has 1 aromatic heterocycles. The molecule has 0 bridgehead atoms. The zero-order valence-electron chi connectivity index (χ0n) is 13.9. The number of hydrogen-bond acceptors (Lipinski definition) is 1. The standard InChI is InChI=1S/C22H19N2/c1-16-19-11-7-6-8-17(19)12-13-20(16)22-14-21(23-15-24(22)2)18-9-4-3-5-10-18/h3-15H,1-2H3/q+1. The van der Waals surface area contributed by atoms with Crippen LogP contribution in [0, 0.1) is 6.92 Å². The van der Waals surface area contributed by atoms with Gasteiger partial charge in [-0.2, -0.15) is 0 Å². The van der Waals surface area contributed by atoms with E-state index in [2.05, 4.69) is 71.1 Å². The van der Waals surface area contributed by atoms with E-state index in [0.29, 0.717) is 0 Å². The third-order valence-electron chi connectivity index (χ3n) is 4.57. The summed E-state index contributed by atoms with van der Waals surface area (Å²) in [4.78, 5) is 4.59. The third-order valence-corrected chi connectivity index (χ3v) is 4.57. The molecule has 0 unspecified atom stereocenters. The lowest BCUT2D eigenvalue weighted by Gasteiger charge is -2.10. The number of benzene rings is 3. The lowest BCUT2D eigenvalue weighted by Crippen LogP contribution is -2.31. The monoisotopic (exact) mass is 311 g/mol. The van der Waals surface area contributed by atoms with E-state index in [1.807, 2.05) is 31.6 Å². The number of aromatic nitrogens is 2. The summed E-state index contributed by atoms with van der Waals surface area (Å²) in [5.74, 6) is 0. The first kappa shape index (κ1) is 14.6. The molecule has 0 aliphatic heterocycles. The van der Waals surface area contributed by atoms with Gasteiger partial charge in [-0.05, 0) is 34.3 Å². The Bertz CT molecular complexity index is 1020. The zero-order chi connectivity index (χ0) is 16.5. The van der Waals surface area contributed by atoms with E-state index in [1.165, 1.54) is 27.6 Å². The molecular weight excluding hydrogens is 292 g/mol. The lowest BCUT2D eigenvalue weighted by atomic mass is 9.97. The van der Waals surface area contributed by atoms with Crippen LogP contribution < -0.4 is 4.57 Å². The maximum atomic E-state index is 4.59. The summed E-state index contributed by atoms with van der Waals surface area (Å²) in [6, 6.07) is 25.4. The van der Waals surface area contributed by atoms with Crippen molar-refractivity contribution < 1.29 is 4.57 Å². The van der Waals surface area contributed by atoms with Gasteiger partial charge >= 0.3 is 0 Å². The van der Waals surface area contributed by atoms with Crippen molar-refractivity contribution in [2.45, 2.75) is 6.92 Å². The molecule has 0 aliphatic rings. The Morgan fingerprint density at radius 2 is 1.58 bits per heavy atom. The van der Waals surface area contributed by atoms with Gasteiger partial charge in [-0.1, -0.05) is 60.7 Å². The van der Waals surface area contributed by atoms with Crippen molar-refractivity contribution in [2.75, 3.05) is 0 Å². The summed E-state index contributed by atoms with van der Waals surface area (Å²) in [6.45, 7) is 2.19. The fourth-order valence-corrected chi connectivity index (χ4v) is 3.22. The second kappa shape index (κ2) is 5.89. The molecule has 0 atom stereocenters. The first-order valence-electron chi connectivity index (χ1n) is 8.14. The summed E-state index contributed by atoms with van der Waals surface area (Å²) in [5, 5.41) is 2.58. The largest absolute Gasteiger partial charge is 0.287 e. The molecule has 2 heteroatoms. The van der Waals surface area contributed by atoms with Crippen LogP contribution in [-0.4, -0.2) is 4.98 Å². The van der Waals surface area contributed by atoms with Crippen molar-refractivity contribution in [2.24, 2.45) is 7.05 Å². The molecule has 1 heterocycles. The van der Waals surface area contributed by atoms with Crippen LogP contribution >= 0.6 is 0 Å². The van der Waals surface area contributed by atoms with Gasteiger partial charge in [0.25, 0.3) is 6.33 Å². The lowest BCUT2D eigenvalue weighted by molar-refractivity contribution is -0.663. The Morgan fingerprint density at radius 3 is 2.42 bits per heavy atom. The van der Waals surface area contributed by atoms with Crippen molar-refractivity contribution in [3.8, 4) is 22.5 Å². The van der Waals surface area contributed by atoms with E-state index in [-0.39, 0.29) is 0 Å². The molecule has 3 aromatic carbocycles. The van der Waals surface area contributed by atoms with E-state index >= 15 is 0 Å². The predicted molar refractivity (Wildman–Crippen MR) is 98.5 cm³/mol. The van der Waals surface area contributed by atoms with Crippen LogP contribution in [0.3, 0.4) is 0 Å². The van der Waals surface area contributed by atoms with E-state index < -0.39 is 0 Å². The minimum absolute atomic E-state index is 0.997. The van der Waals surface area contributed by atoms with Crippen LogP contribution in [0.5, 0.6) is 0 Å². The third kappa shape index (κ3) is 2.46. The molecular formula is C22H19N2+. The highest BCUT2D eigenvalue weighted by Gasteiger charge is 2.15. The van der Waals surface area contributed by atoms with Gasteiger partial charge in [-0.15, -0.1) is 0 Å². The van der Waals surface area contributed by atoms with Gasteiger partial charge in [-0.3, -0.25) is 0 Å². The molecule has 0 aliphatic carbocycles. The minimum atomic E-state index is 0.997. The maximum Gasteiger partial charge on any atom is 0.287 e. The van der Waals surface area contributed by atoms with E-state index in [1.54, 1.807) is 0 Å². The van der Waals surface area contributed by atoms with Crippen LogP contribution in [0.1, 0.15) is 5.56 Å². The summed E-state index contributed by atoms with van der Waals surface area (Å²) < 4.78 is 2.09. The Kier molecular flexibility index (Phi) is 3.58. The first-order valence-corrected chi connectivity index (χ1v) is 8.14. The van der Waals surface area contributed by atoms with E-state index in [4.69, 9.17) is 0 Å². The normalized spacial score (nSPS) is 10.9. The summed E-state index contributed by atoms with van der Waals surface area (Å²) in [7, 11) is 2.05. The second-order valence-corrected chi connectivity index (χ2v) is 6.10. The number of fused-ring (bicyclic) bond motifs is 1. The van der Waals surface area contributed by atoms with Crippen LogP contribution in [0.15, 0.2) is 79.1 Å². The van der Waals surface area contributed by atoms with Crippen molar-refractivity contribution in [1.82, 2.24) is 4.98 Å². The van der Waals surface area contributed by atoms with Crippen molar-refractivity contribution in [3.05, 3.63) is 84.7 Å². The SMILES string of the molecule is Cc1c(-c2cc(-c3ccccc3)nc[n+]2C)ccc2ccccc12. The van der Waals surface area contributed by atoms with Gasteiger partial charge in [-0.25, -0.2) is 4.57 Å². The van der Waals surface area contributed by atoms with Crippen LogP contribution in [0.4, 0.5) is 0 Å². The molecule has 0 saturated carbocycles. The highest BCUT2D eigenvalue weighted by Crippen LogP contribution is 2.29. The smallest absolute Gasteiger partial charge is 0.232 e. The molecule has 0 spiro atoms. The molecule has 4 rings (SSSR count).